The highest BCUT2D eigenvalue weighted by atomic mass is 35.5. The lowest BCUT2D eigenvalue weighted by Crippen LogP contribution is -2.09. The summed E-state index contributed by atoms with van der Waals surface area (Å²) in [5.74, 6) is 0.696. The summed E-state index contributed by atoms with van der Waals surface area (Å²) in [6.45, 7) is 5.43. The first-order valence-electron chi connectivity index (χ1n) is 7.72. The summed E-state index contributed by atoms with van der Waals surface area (Å²) in [6, 6.07) is 3.60. The van der Waals surface area contributed by atoms with Crippen LogP contribution in [0.2, 0.25) is 0 Å². The molecule has 0 amide bonds. The zero-order valence-corrected chi connectivity index (χ0v) is 14.7. The van der Waals surface area contributed by atoms with Crippen LogP contribution in [0.5, 0.6) is 0 Å². The minimum Gasteiger partial charge on any atom is -0.465 e. The van der Waals surface area contributed by atoms with Crippen molar-refractivity contribution < 1.29 is 9.53 Å². The summed E-state index contributed by atoms with van der Waals surface area (Å²) in [4.78, 5) is 20.8. The summed E-state index contributed by atoms with van der Waals surface area (Å²) in [5, 5.41) is 0. The summed E-state index contributed by atoms with van der Waals surface area (Å²) < 4.78 is 8.95. The highest BCUT2D eigenvalue weighted by Crippen LogP contribution is 2.24. The fourth-order valence-electron chi connectivity index (χ4n) is 2.88. The lowest BCUT2D eigenvalue weighted by Gasteiger charge is -2.10. The van der Waals surface area contributed by atoms with E-state index in [1.807, 2.05) is 23.8 Å². The van der Waals surface area contributed by atoms with Crippen LogP contribution in [0.3, 0.4) is 0 Å². The maximum Gasteiger partial charge on any atom is 0.337 e. The van der Waals surface area contributed by atoms with Crippen LogP contribution in [-0.2, 0) is 23.7 Å². The molecule has 0 N–H and O–H groups in total. The zero-order chi connectivity index (χ0) is 17.3. The van der Waals surface area contributed by atoms with Crippen LogP contribution in [0.1, 0.15) is 34.4 Å². The van der Waals surface area contributed by atoms with E-state index < -0.39 is 0 Å². The first-order chi connectivity index (χ1) is 11.6. The molecule has 0 radical (unpaired) electrons. The third kappa shape index (κ3) is 2.78. The van der Waals surface area contributed by atoms with E-state index in [1.165, 1.54) is 7.11 Å². The van der Waals surface area contributed by atoms with Gasteiger partial charge in [0.25, 0.3) is 0 Å². The maximum absolute atomic E-state index is 11.9. The molecule has 0 spiro atoms. The smallest absolute Gasteiger partial charge is 0.337 e. The molecule has 24 heavy (non-hydrogen) atoms. The number of carbonyl (C=O) groups excluding carboxylic acids is 1. The van der Waals surface area contributed by atoms with Gasteiger partial charge in [-0.3, -0.25) is 0 Å². The van der Waals surface area contributed by atoms with Gasteiger partial charge >= 0.3 is 5.97 Å². The van der Waals surface area contributed by atoms with E-state index in [1.54, 1.807) is 12.4 Å². The number of carbonyl (C=O) groups is 1. The topological polar surface area (TPSA) is 61.9 Å². The third-order valence-corrected chi connectivity index (χ3v) is 4.36. The molecule has 0 saturated heterocycles. The molecule has 0 unspecified atom stereocenters. The van der Waals surface area contributed by atoms with Crippen molar-refractivity contribution in [3.05, 3.63) is 47.3 Å². The Kier molecular flexibility index (Phi) is 4.57. The van der Waals surface area contributed by atoms with Crippen LogP contribution in [0, 0.1) is 6.92 Å². The number of ether oxygens (including phenoxy) is 1. The Morgan fingerprint density at radius 3 is 2.83 bits per heavy atom. The summed E-state index contributed by atoms with van der Waals surface area (Å²) in [7, 11) is 1.38. The molecule has 0 aliphatic rings. The molecule has 0 aliphatic carbocycles. The predicted molar refractivity (Wildman–Crippen MR) is 92.4 cm³/mol. The van der Waals surface area contributed by atoms with E-state index >= 15 is 0 Å². The predicted octanol–water partition coefficient (Wildman–Crippen LogP) is 3.13. The van der Waals surface area contributed by atoms with Gasteiger partial charge in [-0.2, -0.15) is 0 Å². The van der Waals surface area contributed by atoms with Crippen molar-refractivity contribution in [3.63, 3.8) is 0 Å². The van der Waals surface area contributed by atoms with Crippen LogP contribution < -0.4 is 0 Å². The van der Waals surface area contributed by atoms with Crippen LogP contribution in [0.15, 0.2) is 24.7 Å². The number of halogens is 1. The highest BCUT2D eigenvalue weighted by Gasteiger charge is 2.17. The van der Waals surface area contributed by atoms with E-state index in [4.69, 9.17) is 16.3 Å². The van der Waals surface area contributed by atoms with Crippen molar-refractivity contribution in [1.82, 2.24) is 19.1 Å². The van der Waals surface area contributed by atoms with Gasteiger partial charge in [0, 0.05) is 12.7 Å². The zero-order valence-electron chi connectivity index (χ0n) is 13.9. The molecule has 6 nitrogen and oxygen atoms in total. The summed E-state index contributed by atoms with van der Waals surface area (Å²) >= 11 is 6.10. The lowest BCUT2D eigenvalue weighted by molar-refractivity contribution is 0.0601. The van der Waals surface area contributed by atoms with Crippen molar-refractivity contribution in [2.45, 2.75) is 32.8 Å². The van der Waals surface area contributed by atoms with Crippen molar-refractivity contribution in [1.29, 1.82) is 0 Å². The molecule has 126 valence electrons. The number of methoxy groups -OCH3 is 1. The molecule has 2 heterocycles. The number of esters is 1. The van der Waals surface area contributed by atoms with E-state index in [-0.39, 0.29) is 5.97 Å². The Balaban J connectivity index is 2.17. The van der Waals surface area contributed by atoms with Gasteiger partial charge in [0.1, 0.15) is 5.82 Å². The minimum absolute atomic E-state index is 0.294. The average Bonchev–Trinajstić information content (AvgIpc) is 3.19. The second-order valence-corrected chi connectivity index (χ2v) is 5.84. The van der Waals surface area contributed by atoms with Gasteiger partial charge in [-0.1, -0.05) is 0 Å². The number of aryl methyl sites for hydroxylation is 2. The van der Waals surface area contributed by atoms with Gasteiger partial charge in [-0.15, -0.1) is 11.6 Å². The van der Waals surface area contributed by atoms with Gasteiger partial charge in [-0.25, -0.2) is 14.8 Å². The number of imidazole rings is 2. The number of hydrogen-bond donors (Lipinski definition) is 0. The molecular formula is C17H19ClN4O2. The monoisotopic (exact) mass is 346 g/mol. The maximum atomic E-state index is 11.9. The molecular weight excluding hydrogens is 328 g/mol. The van der Waals surface area contributed by atoms with E-state index in [0.29, 0.717) is 18.0 Å². The number of rotatable bonds is 5. The van der Waals surface area contributed by atoms with E-state index in [2.05, 4.69) is 21.5 Å². The quantitative estimate of drug-likeness (QED) is 0.526. The molecule has 0 saturated carbocycles. The number of fused-ring (bicyclic) bond motifs is 1. The molecule has 0 atom stereocenters. The Labute approximate surface area is 145 Å². The summed E-state index contributed by atoms with van der Waals surface area (Å²) in [6.07, 6.45) is 3.64. The molecule has 0 bridgehead atoms. The molecule has 0 fully saturated rings. The minimum atomic E-state index is -0.362. The Bertz CT molecular complexity index is 898. The lowest BCUT2D eigenvalue weighted by atomic mass is 10.1. The third-order valence-electron chi connectivity index (χ3n) is 4.12. The van der Waals surface area contributed by atoms with Crippen molar-refractivity contribution in [2.24, 2.45) is 0 Å². The standard InChI is InChI=1S/C17H19ClN4O2/c1-4-21-10-19-8-13(21)9-22-14-6-12(17(23)24-3)5-11(2)16(14)20-15(22)7-18/h5-6,8,10H,4,7,9H2,1-3H3. The van der Waals surface area contributed by atoms with Gasteiger partial charge < -0.3 is 13.9 Å². The first-order valence-corrected chi connectivity index (χ1v) is 8.25. The fourth-order valence-corrected chi connectivity index (χ4v) is 3.09. The Morgan fingerprint density at radius 2 is 2.17 bits per heavy atom. The van der Waals surface area contributed by atoms with Crippen LogP contribution in [0.4, 0.5) is 0 Å². The van der Waals surface area contributed by atoms with Crippen LogP contribution >= 0.6 is 11.6 Å². The molecule has 3 aromatic rings. The highest BCUT2D eigenvalue weighted by molar-refractivity contribution is 6.17. The molecule has 7 heteroatoms. The van der Waals surface area contributed by atoms with Crippen molar-refractivity contribution >= 4 is 28.6 Å². The van der Waals surface area contributed by atoms with Crippen molar-refractivity contribution in [3.8, 4) is 0 Å². The van der Waals surface area contributed by atoms with Gasteiger partial charge in [0.15, 0.2) is 0 Å². The van der Waals surface area contributed by atoms with Crippen molar-refractivity contribution in [2.75, 3.05) is 7.11 Å². The normalized spacial score (nSPS) is 11.2. The average molecular weight is 347 g/mol. The fraction of sp³-hybridized carbons (Fsp3) is 0.353. The molecule has 2 aromatic heterocycles. The Hall–Kier alpha value is -2.34. The SMILES string of the molecule is CCn1cncc1Cn1c(CCl)nc2c(C)cc(C(=O)OC)cc21. The number of hydrogen-bond acceptors (Lipinski definition) is 4. The second kappa shape index (κ2) is 6.65. The molecule has 0 aliphatic heterocycles. The first kappa shape index (κ1) is 16.5. The van der Waals surface area contributed by atoms with Crippen LogP contribution in [0.25, 0.3) is 11.0 Å². The van der Waals surface area contributed by atoms with Gasteiger partial charge in [0.05, 0.1) is 48.2 Å². The van der Waals surface area contributed by atoms with Gasteiger partial charge in [0.2, 0.25) is 0 Å². The summed E-state index contributed by atoms with van der Waals surface area (Å²) in [5.41, 5.74) is 4.20. The molecule has 1 aromatic carbocycles. The number of aromatic nitrogens is 4. The van der Waals surface area contributed by atoms with E-state index in [9.17, 15) is 4.79 Å². The largest absolute Gasteiger partial charge is 0.465 e. The molecule has 3 rings (SSSR count). The van der Waals surface area contributed by atoms with Crippen LogP contribution in [-0.4, -0.2) is 32.2 Å². The number of nitrogens with zero attached hydrogens (tertiary/aromatic N) is 4. The second-order valence-electron chi connectivity index (χ2n) is 5.57. The Morgan fingerprint density at radius 1 is 1.38 bits per heavy atom. The van der Waals surface area contributed by atoms with E-state index in [0.717, 1.165) is 34.7 Å². The number of benzene rings is 1. The van der Waals surface area contributed by atoms with Gasteiger partial charge in [-0.05, 0) is 31.5 Å². The number of alkyl halides is 1.